The lowest BCUT2D eigenvalue weighted by molar-refractivity contribution is 1.10. The number of aromatic nitrogens is 8. The van der Waals surface area contributed by atoms with Crippen molar-refractivity contribution in [1.29, 1.82) is 0 Å². The zero-order chi connectivity index (χ0) is 27.9. The summed E-state index contributed by atoms with van der Waals surface area (Å²) in [6.45, 7) is 0. The van der Waals surface area contributed by atoms with Crippen LogP contribution in [0, 0.1) is 0 Å². The van der Waals surface area contributed by atoms with Gasteiger partial charge < -0.3 is 9.80 Å². The minimum atomic E-state index is 0.808. The normalized spacial score (nSPS) is 11.3. The van der Waals surface area contributed by atoms with Crippen molar-refractivity contribution in [3.05, 3.63) is 123 Å². The van der Waals surface area contributed by atoms with Crippen molar-refractivity contribution in [2.75, 3.05) is 9.80 Å². The van der Waals surface area contributed by atoms with Crippen LogP contribution in [0.4, 0.5) is 34.1 Å². The predicted molar refractivity (Wildman–Crippen MR) is 162 cm³/mol. The summed E-state index contributed by atoms with van der Waals surface area (Å²) in [7, 11) is 0. The van der Waals surface area contributed by atoms with Crippen LogP contribution in [0.25, 0.3) is 32.3 Å². The van der Waals surface area contributed by atoms with E-state index in [0.717, 1.165) is 66.4 Å². The summed E-state index contributed by atoms with van der Waals surface area (Å²) in [4.78, 5) is 38.5. The van der Waals surface area contributed by atoms with Crippen molar-refractivity contribution in [1.82, 2.24) is 39.9 Å². The van der Waals surface area contributed by atoms with Crippen molar-refractivity contribution in [3.8, 4) is 0 Å². The molecular formula is C32H20N10. The Morgan fingerprint density at radius 2 is 0.619 bits per heavy atom. The summed E-state index contributed by atoms with van der Waals surface area (Å²) in [6, 6.07) is 17.2. The third kappa shape index (κ3) is 3.81. The maximum Gasteiger partial charge on any atom is 0.115 e. The second kappa shape index (κ2) is 9.79. The molecular weight excluding hydrogens is 524 g/mol. The number of nitrogens with zero attached hydrogens (tertiary/aromatic N) is 10. The Balaban J connectivity index is 1.42. The van der Waals surface area contributed by atoms with Gasteiger partial charge in [-0.1, -0.05) is 36.4 Å². The van der Waals surface area contributed by atoms with Crippen molar-refractivity contribution in [2.24, 2.45) is 0 Å². The molecule has 4 aromatic carbocycles. The molecule has 0 radical (unpaired) electrons. The van der Waals surface area contributed by atoms with Crippen LogP contribution in [0.5, 0.6) is 0 Å². The van der Waals surface area contributed by atoms with E-state index in [1.807, 2.05) is 0 Å². The highest BCUT2D eigenvalue weighted by molar-refractivity contribution is 6.28. The van der Waals surface area contributed by atoms with E-state index >= 15 is 0 Å². The van der Waals surface area contributed by atoms with Crippen molar-refractivity contribution >= 4 is 66.4 Å². The van der Waals surface area contributed by atoms with Crippen LogP contribution in [0.3, 0.4) is 0 Å². The molecule has 42 heavy (non-hydrogen) atoms. The topological polar surface area (TPSA) is 110 Å². The summed E-state index contributed by atoms with van der Waals surface area (Å²) in [5, 5.41) is 6.72. The Hall–Kier alpha value is -6.16. The highest BCUT2D eigenvalue weighted by Gasteiger charge is 2.22. The fourth-order valence-corrected chi connectivity index (χ4v) is 5.64. The quantitative estimate of drug-likeness (QED) is 0.210. The van der Waals surface area contributed by atoms with Crippen molar-refractivity contribution in [2.45, 2.75) is 0 Å². The first-order valence-electron chi connectivity index (χ1n) is 13.2. The predicted octanol–water partition coefficient (Wildman–Crippen LogP) is 6.68. The van der Waals surface area contributed by atoms with Gasteiger partial charge in [0.05, 0.1) is 83.7 Å². The number of anilines is 6. The second-order valence-electron chi connectivity index (χ2n) is 9.65. The van der Waals surface area contributed by atoms with E-state index in [4.69, 9.17) is 0 Å². The Morgan fingerprint density at radius 3 is 0.929 bits per heavy atom. The van der Waals surface area contributed by atoms with E-state index < -0.39 is 0 Å². The minimum absolute atomic E-state index is 0.808. The van der Waals surface area contributed by atoms with Crippen molar-refractivity contribution in [3.63, 3.8) is 0 Å². The minimum Gasteiger partial charge on any atom is -0.304 e. The van der Waals surface area contributed by atoms with E-state index in [1.165, 1.54) is 25.3 Å². The fourth-order valence-electron chi connectivity index (χ4n) is 5.64. The smallest absolute Gasteiger partial charge is 0.115 e. The molecule has 0 saturated heterocycles. The molecule has 10 heteroatoms. The lowest BCUT2D eigenvalue weighted by Gasteiger charge is -2.28. The molecule has 0 aliphatic carbocycles. The van der Waals surface area contributed by atoms with Gasteiger partial charge >= 0.3 is 0 Å². The van der Waals surface area contributed by atoms with Crippen LogP contribution in [-0.2, 0) is 0 Å². The standard InChI is InChI=1S/C32H20N10/c1-5-27-29(41(23-9-33-17-34-10-23)24-11-35-18-36-12-24)8-4-22-2-6-28-30(7-3-21(1)31(28)32(22)27)42(25-13-37-19-38-14-25)26-15-39-20-40-16-26/h1-20H. The average Bonchev–Trinajstić information content (AvgIpc) is 3.07. The lowest BCUT2D eigenvalue weighted by Crippen LogP contribution is -2.12. The molecule has 0 unspecified atom stereocenters. The fraction of sp³-hybridized carbons (Fsp3) is 0. The largest absolute Gasteiger partial charge is 0.304 e. The van der Waals surface area contributed by atoms with Crippen LogP contribution < -0.4 is 9.80 Å². The molecule has 0 aliphatic heterocycles. The van der Waals surface area contributed by atoms with E-state index in [2.05, 4.69) is 98.2 Å². The molecule has 10 nitrogen and oxygen atoms in total. The lowest BCUT2D eigenvalue weighted by atomic mass is 9.92. The van der Waals surface area contributed by atoms with Crippen LogP contribution in [0.2, 0.25) is 0 Å². The highest BCUT2D eigenvalue weighted by atomic mass is 15.2. The molecule has 4 heterocycles. The van der Waals surface area contributed by atoms with Gasteiger partial charge in [0.15, 0.2) is 0 Å². The number of hydrogen-bond acceptors (Lipinski definition) is 10. The SMILES string of the molecule is c1ncc(N(c2cncnc2)c2ccc3ccc4c(N(c5cncnc5)c5cncnc5)ccc5ccc2c3c54)cn1. The summed E-state index contributed by atoms with van der Waals surface area (Å²) < 4.78 is 0. The first kappa shape index (κ1) is 23.7. The van der Waals surface area contributed by atoms with Gasteiger partial charge in [-0.25, -0.2) is 39.9 Å². The molecule has 198 valence electrons. The Morgan fingerprint density at radius 1 is 0.333 bits per heavy atom. The molecule has 0 bridgehead atoms. The van der Waals surface area contributed by atoms with E-state index in [9.17, 15) is 0 Å². The summed E-state index contributed by atoms with van der Waals surface area (Å²) in [5.74, 6) is 0. The molecule has 0 spiro atoms. The first-order chi connectivity index (χ1) is 20.9. The molecule has 8 aromatic rings. The van der Waals surface area contributed by atoms with Gasteiger partial charge in [-0.3, -0.25) is 0 Å². The zero-order valence-electron chi connectivity index (χ0n) is 22.0. The molecule has 0 fully saturated rings. The van der Waals surface area contributed by atoms with Crippen LogP contribution in [0.1, 0.15) is 0 Å². The van der Waals surface area contributed by atoms with Gasteiger partial charge in [0.2, 0.25) is 0 Å². The molecule has 0 saturated carbocycles. The van der Waals surface area contributed by atoms with Gasteiger partial charge in [-0.05, 0) is 33.7 Å². The monoisotopic (exact) mass is 544 g/mol. The van der Waals surface area contributed by atoms with Gasteiger partial charge in [0.1, 0.15) is 25.3 Å². The van der Waals surface area contributed by atoms with Gasteiger partial charge in [0.25, 0.3) is 0 Å². The van der Waals surface area contributed by atoms with Crippen molar-refractivity contribution < 1.29 is 0 Å². The van der Waals surface area contributed by atoms with E-state index in [0.29, 0.717) is 0 Å². The Labute approximate surface area is 239 Å². The van der Waals surface area contributed by atoms with Crippen LogP contribution >= 0.6 is 0 Å². The second-order valence-corrected chi connectivity index (χ2v) is 9.65. The molecule has 0 amide bonds. The maximum absolute atomic E-state index is 4.29. The van der Waals surface area contributed by atoms with Crippen LogP contribution in [-0.4, -0.2) is 39.9 Å². The third-order valence-electron chi connectivity index (χ3n) is 7.32. The molecule has 0 atom stereocenters. The van der Waals surface area contributed by atoms with E-state index in [-0.39, 0.29) is 0 Å². The summed E-state index contributed by atoms with van der Waals surface area (Å²) >= 11 is 0. The number of rotatable bonds is 6. The molecule has 0 N–H and O–H groups in total. The first-order valence-corrected chi connectivity index (χ1v) is 13.2. The van der Waals surface area contributed by atoms with E-state index in [1.54, 1.807) is 49.6 Å². The van der Waals surface area contributed by atoms with Gasteiger partial charge in [0, 0.05) is 10.8 Å². The van der Waals surface area contributed by atoms with Gasteiger partial charge in [-0.15, -0.1) is 0 Å². The molecule has 4 aromatic heterocycles. The number of benzene rings is 4. The summed E-state index contributed by atoms with van der Waals surface area (Å²) in [5.41, 5.74) is 5.17. The van der Waals surface area contributed by atoms with Crippen LogP contribution in [0.15, 0.2) is 123 Å². The Kier molecular flexibility index (Phi) is 5.52. The average molecular weight is 545 g/mol. The zero-order valence-corrected chi connectivity index (χ0v) is 22.0. The van der Waals surface area contributed by atoms with Gasteiger partial charge in [-0.2, -0.15) is 0 Å². The molecule has 8 rings (SSSR count). The Bertz CT molecular complexity index is 1910. The third-order valence-corrected chi connectivity index (χ3v) is 7.32. The number of hydrogen-bond donors (Lipinski definition) is 0. The summed E-state index contributed by atoms with van der Waals surface area (Å²) in [6.07, 6.45) is 20.4. The molecule has 0 aliphatic rings. The highest BCUT2D eigenvalue weighted by Crippen LogP contribution is 2.46. The maximum atomic E-state index is 4.29.